The van der Waals surface area contributed by atoms with Gasteiger partial charge in [-0.05, 0) is 93.6 Å². The van der Waals surface area contributed by atoms with E-state index in [2.05, 4.69) is 33.6 Å². The molecule has 0 radical (unpaired) electrons. The van der Waals surface area contributed by atoms with E-state index in [1.54, 1.807) is 32.0 Å². The molecule has 5 nitrogen and oxygen atoms in total. The van der Waals surface area contributed by atoms with E-state index in [0.717, 1.165) is 11.6 Å². The lowest BCUT2D eigenvalue weighted by atomic mass is 9.88. The summed E-state index contributed by atoms with van der Waals surface area (Å²) in [5.74, 6) is 0.172. The summed E-state index contributed by atoms with van der Waals surface area (Å²) in [6.07, 6.45) is 5.67. The highest BCUT2D eigenvalue weighted by Gasteiger charge is 2.46. The van der Waals surface area contributed by atoms with Crippen molar-refractivity contribution in [1.82, 2.24) is 4.90 Å². The van der Waals surface area contributed by atoms with Crippen LogP contribution in [0, 0.1) is 5.82 Å². The van der Waals surface area contributed by atoms with Crippen molar-refractivity contribution in [2.45, 2.75) is 88.0 Å². The van der Waals surface area contributed by atoms with Crippen molar-refractivity contribution >= 4 is 28.3 Å². The second-order valence-corrected chi connectivity index (χ2v) is 13.1. The lowest BCUT2D eigenvalue weighted by Crippen LogP contribution is -2.50. The Labute approximate surface area is 227 Å². The summed E-state index contributed by atoms with van der Waals surface area (Å²) in [5, 5.41) is -0.787. The quantitative estimate of drug-likeness (QED) is 0.411. The van der Waals surface area contributed by atoms with Gasteiger partial charge in [-0.1, -0.05) is 49.4 Å². The van der Waals surface area contributed by atoms with Gasteiger partial charge in [-0.2, -0.15) is 0 Å². The van der Waals surface area contributed by atoms with Crippen molar-refractivity contribution in [3.8, 4) is 0 Å². The maximum Gasteiger partial charge on any atom is 0.263 e. The monoisotopic (exact) mass is 548 g/mol. The highest BCUT2D eigenvalue weighted by atomic mass is 35.5. The van der Waals surface area contributed by atoms with Crippen molar-refractivity contribution in [2.24, 2.45) is 4.40 Å². The average molecular weight is 549 g/mol. The second-order valence-electron chi connectivity index (χ2n) is 11.3. The van der Waals surface area contributed by atoms with Gasteiger partial charge in [0.05, 0.1) is 0 Å². The highest BCUT2D eigenvalue weighted by Crippen LogP contribution is 2.36. The zero-order valence-electron chi connectivity index (χ0n) is 21.9. The number of halogens is 2. The molecule has 1 saturated carbocycles. The van der Waals surface area contributed by atoms with Crippen molar-refractivity contribution < 1.29 is 17.5 Å². The number of hydrogen-bond acceptors (Lipinski definition) is 4. The molecular weight excluding hydrogens is 511 g/mol. The molecule has 37 heavy (non-hydrogen) atoms. The molecule has 1 saturated heterocycles. The number of nitrogens with zero attached hydrogens (tertiary/aromatic N) is 2. The minimum absolute atomic E-state index is 0. The number of benzene rings is 2. The third-order valence-electron chi connectivity index (χ3n) is 8.13. The van der Waals surface area contributed by atoms with E-state index in [1.807, 2.05) is 6.92 Å². The van der Waals surface area contributed by atoms with Gasteiger partial charge in [0.25, 0.3) is 10.0 Å². The van der Waals surface area contributed by atoms with Gasteiger partial charge in [-0.3, -0.25) is 0 Å². The molecule has 0 amide bonds. The van der Waals surface area contributed by atoms with Gasteiger partial charge in [-0.15, -0.1) is 16.8 Å². The molecule has 2 aliphatic heterocycles. The molecule has 0 N–H and O–H groups in total. The smallest absolute Gasteiger partial charge is 0.263 e. The minimum atomic E-state index is -3.79. The lowest BCUT2D eigenvalue weighted by molar-refractivity contribution is 0.0803. The summed E-state index contributed by atoms with van der Waals surface area (Å²) in [6.45, 7) is 7.82. The molecular formula is C29H38ClFN2O3S. The predicted molar refractivity (Wildman–Crippen MR) is 149 cm³/mol. The Balaban J connectivity index is 0.00000320. The number of piperidine rings is 1. The first-order valence-electron chi connectivity index (χ1n) is 13.2. The Hall–Kier alpha value is -1.96. The zero-order valence-corrected chi connectivity index (χ0v) is 23.5. The fourth-order valence-corrected chi connectivity index (χ4v) is 7.50. The fourth-order valence-electron chi connectivity index (χ4n) is 5.81. The van der Waals surface area contributed by atoms with Crippen LogP contribution in [0.25, 0.3) is 0 Å². The Bertz CT molecular complexity index is 1220. The molecule has 1 aliphatic carbocycles. The van der Waals surface area contributed by atoms with Gasteiger partial charge in [0.1, 0.15) is 16.7 Å². The van der Waals surface area contributed by atoms with Crippen LogP contribution < -0.4 is 0 Å². The van der Waals surface area contributed by atoms with E-state index in [0.29, 0.717) is 17.9 Å². The number of rotatable bonds is 7. The third kappa shape index (κ3) is 6.37. The summed E-state index contributed by atoms with van der Waals surface area (Å²) in [6, 6.07) is 15.8. The van der Waals surface area contributed by atoms with Gasteiger partial charge in [0.15, 0.2) is 0 Å². The summed E-state index contributed by atoms with van der Waals surface area (Å²) in [5.41, 5.74) is 1.90. The Morgan fingerprint density at radius 2 is 1.70 bits per heavy atom. The molecule has 2 fully saturated rings. The molecule has 0 spiro atoms. The largest absolute Gasteiger partial charge is 0.473 e. The van der Waals surface area contributed by atoms with Gasteiger partial charge in [0.2, 0.25) is 5.90 Å². The van der Waals surface area contributed by atoms with E-state index in [-0.39, 0.29) is 36.5 Å². The number of hydrogen-bond donors (Lipinski definition) is 0. The lowest BCUT2D eigenvalue weighted by Gasteiger charge is -2.37. The first kappa shape index (κ1) is 28.1. The highest BCUT2D eigenvalue weighted by molar-refractivity contribution is 7.91. The topological polar surface area (TPSA) is 59.0 Å². The maximum absolute atomic E-state index is 14.2. The predicted octanol–water partition coefficient (Wildman–Crippen LogP) is 6.23. The SMILES string of the molecule is C[C@H](CC1=NS(=O)(=O)[C@H](Cc2ccc(C3CCN(C4CC4)CC3)cc2)C(C)(C)O1)c1ccccc1F.Cl. The second kappa shape index (κ2) is 11.0. The summed E-state index contributed by atoms with van der Waals surface area (Å²) in [7, 11) is -3.79. The van der Waals surface area contributed by atoms with Crippen LogP contribution in [0.4, 0.5) is 4.39 Å². The van der Waals surface area contributed by atoms with E-state index in [9.17, 15) is 12.8 Å². The van der Waals surface area contributed by atoms with Crippen LogP contribution >= 0.6 is 12.4 Å². The summed E-state index contributed by atoms with van der Waals surface area (Å²) >= 11 is 0. The van der Waals surface area contributed by atoms with Crippen molar-refractivity contribution in [2.75, 3.05) is 13.1 Å². The molecule has 202 valence electrons. The third-order valence-corrected chi connectivity index (χ3v) is 10.0. The first-order chi connectivity index (χ1) is 17.1. The molecule has 0 bridgehead atoms. The van der Waals surface area contributed by atoms with Crippen molar-refractivity contribution in [3.05, 3.63) is 71.0 Å². The van der Waals surface area contributed by atoms with Crippen molar-refractivity contribution in [1.29, 1.82) is 0 Å². The standard InChI is InChI=1S/C29H37FN2O3S.ClH/c1-20(25-6-4-5-7-26(25)30)18-28-31-36(33,34)27(29(2,3)35-28)19-21-8-10-22(11-9-21)23-14-16-32(17-15-23)24-12-13-24;/h4-11,20,23-24,27H,12-19H2,1-3H3;1H/t20-,27-;/m1./s1. The van der Waals surface area contributed by atoms with Crippen LogP contribution in [-0.4, -0.2) is 49.2 Å². The first-order valence-corrected chi connectivity index (χ1v) is 14.7. The zero-order chi connectivity index (χ0) is 25.5. The summed E-state index contributed by atoms with van der Waals surface area (Å²) < 4.78 is 50.9. The van der Waals surface area contributed by atoms with E-state index in [4.69, 9.17) is 4.74 Å². The van der Waals surface area contributed by atoms with Crippen molar-refractivity contribution in [3.63, 3.8) is 0 Å². The molecule has 8 heteroatoms. The minimum Gasteiger partial charge on any atom is -0.473 e. The molecule has 2 atom stereocenters. The summed E-state index contributed by atoms with van der Waals surface area (Å²) in [4.78, 5) is 2.63. The molecule has 2 aromatic rings. The van der Waals surface area contributed by atoms with Crippen LogP contribution in [-0.2, 0) is 21.2 Å². The molecule has 2 heterocycles. The van der Waals surface area contributed by atoms with Gasteiger partial charge >= 0.3 is 0 Å². The van der Waals surface area contributed by atoms with E-state index in [1.165, 1.54) is 50.4 Å². The number of ether oxygens (including phenoxy) is 1. The van der Waals surface area contributed by atoms with Gasteiger partial charge < -0.3 is 9.64 Å². The van der Waals surface area contributed by atoms with Crippen LogP contribution in [0.1, 0.15) is 81.4 Å². The Morgan fingerprint density at radius 1 is 1.05 bits per heavy atom. The average Bonchev–Trinajstić information content (AvgIpc) is 3.67. The number of sulfonamides is 1. The van der Waals surface area contributed by atoms with E-state index < -0.39 is 20.9 Å². The van der Waals surface area contributed by atoms with Crippen LogP contribution in [0.5, 0.6) is 0 Å². The molecule has 5 rings (SSSR count). The van der Waals surface area contributed by atoms with Gasteiger partial charge in [0, 0.05) is 12.5 Å². The number of likely N-dealkylation sites (tertiary alicyclic amines) is 1. The molecule has 2 aromatic carbocycles. The molecule has 0 unspecified atom stereocenters. The molecule has 0 aromatic heterocycles. The maximum atomic E-state index is 14.2. The van der Waals surface area contributed by atoms with Crippen LogP contribution in [0.15, 0.2) is 52.9 Å². The van der Waals surface area contributed by atoms with Crippen LogP contribution in [0.3, 0.4) is 0 Å². The van der Waals surface area contributed by atoms with Gasteiger partial charge in [-0.25, -0.2) is 12.8 Å². The van der Waals surface area contributed by atoms with E-state index >= 15 is 0 Å². The Morgan fingerprint density at radius 3 is 2.30 bits per heavy atom. The van der Waals surface area contributed by atoms with Crippen LogP contribution in [0.2, 0.25) is 0 Å². The molecule has 3 aliphatic rings. The fraction of sp³-hybridized carbons (Fsp3) is 0.552. The normalized spacial score (nSPS) is 24.4. The Kier molecular flexibility index (Phi) is 8.37.